The van der Waals surface area contributed by atoms with Crippen molar-refractivity contribution in [3.8, 4) is 0 Å². The molecule has 0 aliphatic carbocycles. The monoisotopic (exact) mass is 299 g/mol. The first-order valence-electron chi connectivity index (χ1n) is 6.63. The van der Waals surface area contributed by atoms with E-state index in [0.29, 0.717) is 0 Å². The number of hydrogen-bond acceptors (Lipinski definition) is 3. The molecule has 0 spiro atoms. The van der Waals surface area contributed by atoms with Crippen molar-refractivity contribution in [2.24, 2.45) is 0 Å². The summed E-state index contributed by atoms with van der Waals surface area (Å²) in [5, 5.41) is 9.32. The zero-order valence-electron chi connectivity index (χ0n) is 13.1. The van der Waals surface area contributed by atoms with Gasteiger partial charge >= 0.3 is 0 Å². The Hall–Kier alpha value is -0.910. The van der Waals surface area contributed by atoms with Gasteiger partial charge in [-0.1, -0.05) is 32.9 Å². The van der Waals surface area contributed by atoms with Crippen LogP contribution in [-0.4, -0.2) is 37.0 Å². The Kier molecular flexibility index (Phi) is 4.69. The molecule has 5 heteroatoms. The van der Waals surface area contributed by atoms with Gasteiger partial charge in [0.05, 0.1) is 17.0 Å². The van der Waals surface area contributed by atoms with E-state index in [4.69, 9.17) is 0 Å². The number of hydrogen-bond donors (Lipinski definition) is 1. The molecular weight excluding hydrogens is 274 g/mol. The zero-order valence-corrected chi connectivity index (χ0v) is 14.0. The second-order valence-corrected chi connectivity index (χ2v) is 8.69. The van der Waals surface area contributed by atoms with E-state index in [2.05, 4.69) is 20.8 Å². The van der Waals surface area contributed by atoms with Crippen LogP contribution in [-0.2, 0) is 15.4 Å². The summed E-state index contributed by atoms with van der Waals surface area (Å²) >= 11 is 0. The van der Waals surface area contributed by atoms with Crippen LogP contribution < -0.4 is 0 Å². The Morgan fingerprint density at radius 2 is 1.50 bits per heavy atom. The van der Waals surface area contributed by atoms with Crippen LogP contribution in [0.15, 0.2) is 29.2 Å². The first-order valence-corrected chi connectivity index (χ1v) is 8.07. The fraction of sp³-hybridized carbons (Fsp3) is 0.600. The van der Waals surface area contributed by atoms with E-state index < -0.39 is 15.6 Å². The molecule has 0 aliphatic rings. The molecule has 0 fully saturated rings. The van der Waals surface area contributed by atoms with Crippen LogP contribution in [0.4, 0.5) is 0 Å². The third-order valence-corrected chi connectivity index (χ3v) is 5.70. The molecule has 4 nitrogen and oxygen atoms in total. The SMILES string of the molecule is CN(C(C)(C)CO)S(=O)(=O)c1ccc(C(C)(C)C)cc1. The molecular formula is C15H25NO3S. The number of likely N-dealkylation sites (N-methyl/N-ethyl adjacent to an activating group) is 1. The summed E-state index contributed by atoms with van der Waals surface area (Å²) in [7, 11) is -2.11. The van der Waals surface area contributed by atoms with Crippen LogP contribution in [0.3, 0.4) is 0 Å². The maximum Gasteiger partial charge on any atom is 0.243 e. The van der Waals surface area contributed by atoms with Crippen molar-refractivity contribution in [2.45, 2.75) is 50.5 Å². The molecule has 1 aromatic rings. The number of aliphatic hydroxyl groups is 1. The lowest BCUT2D eigenvalue weighted by molar-refractivity contribution is 0.138. The van der Waals surface area contributed by atoms with E-state index in [-0.39, 0.29) is 16.9 Å². The van der Waals surface area contributed by atoms with Gasteiger partial charge in [-0.3, -0.25) is 0 Å². The fourth-order valence-corrected chi connectivity index (χ4v) is 3.21. The van der Waals surface area contributed by atoms with E-state index >= 15 is 0 Å². The number of rotatable bonds is 4. The lowest BCUT2D eigenvalue weighted by Crippen LogP contribution is -2.47. The largest absolute Gasteiger partial charge is 0.394 e. The molecule has 0 heterocycles. The molecule has 0 bridgehead atoms. The van der Waals surface area contributed by atoms with E-state index in [1.807, 2.05) is 12.1 Å². The molecule has 0 amide bonds. The highest BCUT2D eigenvalue weighted by Gasteiger charge is 2.33. The second kappa shape index (κ2) is 5.47. The normalized spacial score (nSPS) is 13.8. The quantitative estimate of drug-likeness (QED) is 0.928. The van der Waals surface area contributed by atoms with Crippen molar-refractivity contribution in [3.05, 3.63) is 29.8 Å². The van der Waals surface area contributed by atoms with Gasteiger partial charge in [0, 0.05) is 7.05 Å². The number of sulfonamides is 1. The lowest BCUT2D eigenvalue weighted by Gasteiger charge is -2.32. The van der Waals surface area contributed by atoms with Gasteiger partial charge in [-0.25, -0.2) is 8.42 Å². The Balaban J connectivity index is 3.18. The Bertz CT molecular complexity index is 554. The maximum atomic E-state index is 12.5. The van der Waals surface area contributed by atoms with Crippen LogP contribution in [0.25, 0.3) is 0 Å². The van der Waals surface area contributed by atoms with Crippen LogP contribution in [0.5, 0.6) is 0 Å². The Labute approximate surface area is 122 Å². The molecule has 1 aromatic carbocycles. The average molecular weight is 299 g/mol. The molecule has 0 atom stereocenters. The second-order valence-electron chi connectivity index (χ2n) is 6.72. The summed E-state index contributed by atoms with van der Waals surface area (Å²) in [6, 6.07) is 6.93. The number of benzene rings is 1. The highest BCUT2D eigenvalue weighted by molar-refractivity contribution is 7.89. The molecule has 0 saturated heterocycles. The van der Waals surface area contributed by atoms with Crippen LogP contribution in [0, 0.1) is 0 Å². The number of aliphatic hydroxyl groups excluding tert-OH is 1. The van der Waals surface area contributed by atoms with Crippen molar-refractivity contribution in [1.82, 2.24) is 4.31 Å². The van der Waals surface area contributed by atoms with Crippen LogP contribution in [0.1, 0.15) is 40.2 Å². The van der Waals surface area contributed by atoms with E-state index in [9.17, 15) is 13.5 Å². The third-order valence-electron chi connectivity index (χ3n) is 3.62. The van der Waals surface area contributed by atoms with Crippen molar-refractivity contribution in [3.63, 3.8) is 0 Å². The number of nitrogens with zero attached hydrogens (tertiary/aromatic N) is 1. The van der Waals surface area contributed by atoms with Crippen LogP contribution in [0.2, 0.25) is 0 Å². The standard InChI is InChI=1S/C15H25NO3S/c1-14(2,3)12-7-9-13(10-8-12)20(18,19)16(6)15(4,5)11-17/h7-10,17H,11H2,1-6H3. The summed E-state index contributed by atoms with van der Waals surface area (Å²) in [5.41, 5.74) is 0.237. The van der Waals surface area contributed by atoms with Crippen molar-refractivity contribution in [2.75, 3.05) is 13.7 Å². The molecule has 0 aliphatic heterocycles. The highest BCUT2D eigenvalue weighted by atomic mass is 32.2. The first-order chi connectivity index (χ1) is 8.93. The summed E-state index contributed by atoms with van der Waals surface area (Å²) < 4.78 is 26.2. The molecule has 0 radical (unpaired) electrons. The molecule has 0 aromatic heterocycles. The van der Waals surface area contributed by atoms with Gasteiger partial charge in [0.1, 0.15) is 0 Å². The Morgan fingerprint density at radius 3 is 1.85 bits per heavy atom. The summed E-state index contributed by atoms with van der Waals surface area (Å²) in [6.07, 6.45) is 0. The first kappa shape index (κ1) is 17.1. The maximum absolute atomic E-state index is 12.5. The highest BCUT2D eigenvalue weighted by Crippen LogP contribution is 2.26. The van der Waals surface area contributed by atoms with Crippen molar-refractivity contribution < 1.29 is 13.5 Å². The van der Waals surface area contributed by atoms with Crippen molar-refractivity contribution >= 4 is 10.0 Å². The van der Waals surface area contributed by atoms with Gasteiger partial charge < -0.3 is 5.11 Å². The molecule has 0 saturated carbocycles. The van der Waals surface area contributed by atoms with Gasteiger partial charge in [-0.05, 0) is 37.0 Å². The minimum Gasteiger partial charge on any atom is -0.394 e. The van der Waals surface area contributed by atoms with E-state index in [0.717, 1.165) is 5.56 Å². The summed E-state index contributed by atoms with van der Waals surface area (Å²) in [5.74, 6) is 0. The van der Waals surface area contributed by atoms with Gasteiger partial charge in [-0.15, -0.1) is 0 Å². The smallest absolute Gasteiger partial charge is 0.243 e. The topological polar surface area (TPSA) is 57.6 Å². The third kappa shape index (κ3) is 3.40. The summed E-state index contributed by atoms with van der Waals surface area (Å²) in [6.45, 7) is 9.39. The van der Waals surface area contributed by atoms with Crippen LogP contribution >= 0.6 is 0 Å². The molecule has 1 N–H and O–H groups in total. The van der Waals surface area contributed by atoms with Gasteiger partial charge in [0.15, 0.2) is 0 Å². The molecule has 20 heavy (non-hydrogen) atoms. The van der Waals surface area contributed by atoms with E-state index in [1.54, 1.807) is 26.0 Å². The Morgan fingerprint density at radius 1 is 1.05 bits per heavy atom. The predicted molar refractivity (Wildman–Crippen MR) is 81.3 cm³/mol. The minimum atomic E-state index is -3.60. The summed E-state index contributed by atoms with van der Waals surface area (Å²) in [4.78, 5) is 0.245. The minimum absolute atomic E-state index is 0.0153. The average Bonchev–Trinajstić information content (AvgIpc) is 2.37. The van der Waals surface area contributed by atoms with Gasteiger partial charge in [0.2, 0.25) is 10.0 Å². The van der Waals surface area contributed by atoms with E-state index in [1.165, 1.54) is 11.4 Å². The van der Waals surface area contributed by atoms with Gasteiger partial charge in [-0.2, -0.15) is 4.31 Å². The molecule has 1 rings (SSSR count). The van der Waals surface area contributed by atoms with Gasteiger partial charge in [0.25, 0.3) is 0 Å². The fourth-order valence-electron chi connectivity index (χ4n) is 1.71. The lowest BCUT2D eigenvalue weighted by atomic mass is 9.87. The van der Waals surface area contributed by atoms with Crippen molar-refractivity contribution in [1.29, 1.82) is 0 Å². The molecule has 114 valence electrons. The molecule has 0 unspecified atom stereocenters. The zero-order chi connectivity index (χ0) is 15.8. The predicted octanol–water partition coefficient (Wildman–Crippen LogP) is 2.38.